The number of nitrogens with zero attached hydrogens (tertiary/aromatic N) is 6. The topological polar surface area (TPSA) is 256 Å². The monoisotopic (exact) mass is 872 g/mol. The first-order chi connectivity index (χ1) is 24.6. The van der Waals surface area contributed by atoms with Crippen molar-refractivity contribution in [2.45, 2.75) is 9.79 Å². The van der Waals surface area contributed by atoms with Crippen molar-refractivity contribution < 1.29 is 44.5 Å². The van der Waals surface area contributed by atoms with Gasteiger partial charge in [-0.25, -0.2) is 9.07 Å². The van der Waals surface area contributed by atoms with Gasteiger partial charge in [0.05, 0.1) is 24.3 Å². The van der Waals surface area contributed by atoms with E-state index in [0.29, 0.717) is 16.3 Å². The minimum Gasteiger partial charge on any atom is -0.505 e. The number of hydrogen-bond donors (Lipinski definition) is 6. The summed E-state index contributed by atoms with van der Waals surface area (Å²) >= 11 is 14.6. The molecule has 18 nitrogen and oxygen atoms in total. The Balaban J connectivity index is 1.31. The quantitative estimate of drug-likeness (QED) is 0.00733. The van der Waals surface area contributed by atoms with Gasteiger partial charge in [-0.2, -0.15) is 46.2 Å². The maximum absolute atomic E-state index is 12.4. The molecule has 0 aliphatic rings. The van der Waals surface area contributed by atoms with Gasteiger partial charge in [0.2, 0.25) is 11.2 Å². The van der Waals surface area contributed by atoms with Crippen LogP contribution in [0.15, 0.2) is 102 Å². The number of rotatable bonds is 14. The number of anilines is 3. The average molecular weight is 874 g/mol. The lowest BCUT2D eigenvalue weighted by Gasteiger charge is -2.11. The van der Waals surface area contributed by atoms with Crippen molar-refractivity contribution in [1.82, 2.24) is 15.0 Å². The highest BCUT2D eigenvalue weighted by atomic mass is 79.9. The molecule has 0 bridgehead atoms. The van der Waals surface area contributed by atoms with Crippen LogP contribution in [0.25, 0.3) is 10.8 Å². The molecule has 0 aliphatic heterocycles. The molecule has 1 heterocycles. The van der Waals surface area contributed by atoms with Crippen LogP contribution in [0, 0.1) is 0 Å². The fourth-order valence-corrected chi connectivity index (χ4v) is 6.05. The van der Waals surface area contributed by atoms with Crippen LogP contribution in [0.4, 0.5) is 34.6 Å². The van der Waals surface area contributed by atoms with Crippen molar-refractivity contribution in [3.8, 4) is 5.75 Å². The van der Waals surface area contributed by atoms with Crippen molar-refractivity contribution in [3.63, 3.8) is 0 Å². The summed E-state index contributed by atoms with van der Waals surface area (Å²) in [5.41, 5.74) is 0.780. The van der Waals surface area contributed by atoms with Gasteiger partial charge in [-0.15, -0.1) is 17.7 Å². The maximum atomic E-state index is 12.4. The van der Waals surface area contributed by atoms with Crippen molar-refractivity contribution in [2.24, 2.45) is 15.2 Å². The van der Waals surface area contributed by atoms with Gasteiger partial charge in [0.1, 0.15) is 17.2 Å². The third kappa shape index (κ3) is 11.5. The number of nitrogens with one attached hydrogen (secondary N) is 2. The molecule has 1 aromatic heterocycles. The number of hydrogen-bond acceptors (Lipinski definition) is 16. The normalized spacial score (nSPS) is 12.4. The molecular weight excluding hydrogens is 852 g/mol. The number of azo groups is 1. The fourth-order valence-electron chi connectivity index (χ4n) is 4.03. The lowest BCUT2D eigenvalue weighted by Crippen LogP contribution is -2.09. The average Bonchev–Trinajstić information content (AvgIpc) is 3.06. The molecular formula is C28H22BrClN8O10S4. The predicted molar refractivity (Wildman–Crippen MR) is 198 cm³/mol. The Hall–Kier alpha value is -4.01. The van der Waals surface area contributed by atoms with Crippen LogP contribution in [0.5, 0.6) is 5.75 Å². The van der Waals surface area contributed by atoms with Gasteiger partial charge in [0.25, 0.3) is 16.1 Å². The first-order valence-electron chi connectivity index (χ1n) is 14.0. The van der Waals surface area contributed by atoms with E-state index in [2.05, 4.69) is 73.5 Å². The van der Waals surface area contributed by atoms with Gasteiger partial charge in [-0.1, -0.05) is 15.9 Å². The number of aromatic nitrogens is 3. The molecule has 0 atom stereocenters. The highest BCUT2D eigenvalue weighted by Gasteiger charge is 2.22. The summed E-state index contributed by atoms with van der Waals surface area (Å²) in [5, 5.41) is 25.2. The summed E-state index contributed by atoms with van der Waals surface area (Å²) < 4.78 is 74.0. The Labute approximate surface area is 318 Å². The van der Waals surface area contributed by atoms with Crippen molar-refractivity contribution in [2.75, 3.05) is 23.8 Å². The molecule has 5 aromatic rings. The molecule has 272 valence electrons. The number of benzene rings is 4. The minimum absolute atomic E-state index is 0.0127. The molecule has 5 rings (SSSR count). The second-order valence-electron chi connectivity index (χ2n) is 9.82. The summed E-state index contributed by atoms with van der Waals surface area (Å²) in [6.07, 6.45) is 0. The molecule has 4 aromatic carbocycles. The van der Waals surface area contributed by atoms with Crippen LogP contribution in [-0.4, -0.2) is 64.4 Å². The number of phenolic OH excluding ortho intramolecular Hbond substituents is 1. The van der Waals surface area contributed by atoms with Gasteiger partial charge in [0, 0.05) is 26.1 Å². The Morgan fingerprint density at radius 3 is 2.33 bits per heavy atom. The number of amidine groups is 1. The standard InChI is InChI=1S/C28H22BrClN8O10S4/c29-16-1-3-17(4-2-16)32-28(49)36-27-34-25(30)33-26(35-27)31-19-7-10-21-15(13-19)14-22(51(40,41)42)23(24(21)39)38-37-18-5-8-20(9-6-18)50-48-46-11-12-47-52(43,44)45/h1-10,13-14,39H,11-12H2,(H,40,41,42)(H,43,44,45)(H3,31,32,33,34,35,36,49). The molecule has 0 aliphatic carbocycles. The molecule has 52 heavy (non-hydrogen) atoms. The number of halogens is 2. The molecule has 0 saturated carbocycles. The van der Waals surface area contributed by atoms with Crippen LogP contribution in [0.2, 0.25) is 5.28 Å². The van der Waals surface area contributed by atoms with E-state index < -0.39 is 43.5 Å². The Bertz CT molecular complexity index is 2380. The van der Waals surface area contributed by atoms with Crippen molar-refractivity contribution in [3.05, 3.63) is 82.6 Å². The maximum Gasteiger partial charge on any atom is 0.397 e. The zero-order valence-corrected chi connectivity index (χ0v) is 31.3. The van der Waals surface area contributed by atoms with E-state index >= 15 is 0 Å². The SMILES string of the molecule is O=S(=O)(O)OCCOOSc1ccc(N=Nc2c(S(=O)(=O)O)cc3cc(Nc4nc(Cl)nc(N=C(S)Nc5ccc(Br)cc5)n4)ccc3c2O)cc1. The first-order valence-corrected chi connectivity index (χ1v) is 19.2. The third-order valence-corrected chi connectivity index (χ3v) is 9.04. The van der Waals surface area contributed by atoms with Gasteiger partial charge in [-0.05, 0) is 89.8 Å². The van der Waals surface area contributed by atoms with E-state index in [4.69, 9.17) is 25.4 Å². The second kappa shape index (κ2) is 17.2. The lowest BCUT2D eigenvalue weighted by atomic mass is 10.1. The second-order valence-corrected chi connectivity index (χ2v) is 14.8. The third-order valence-electron chi connectivity index (χ3n) is 6.17. The number of aliphatic imine (C=N–C) groups is 1. The number of aromatic hydroxyl groups is 1. The zero-order chi connectivity index (χ0) is 37.5. The Kier molecular flexibility index (Phi) is 13.0. The summed E-state index contributed by atoms with van der Waals surface area (Å²) in [6, 6.07) is 18.9. The van der Waals surface area contributed by atoms with Crippen LogP contribution < -0.4 is 10.6 Å². The molecule has 24 heteroatoms. The van der Waals surface area contributed by atoms with E-state index in [1.54, 1.807) is 30.3 Å². The summed E-state index contributed by atoms with van der Waals surface area (Å²) in [4.78, 5) is 21.0. The smallest absolute Gasteiger partial charge is 0.397 e. The number of fused-ring (bicyclic) bond motifs is 1. The summed E-state index contributed by atoms with van der Waals surface area (Å²) in [5.74, 6) is -0.658. The van der Waals surface area contributed by atoms with E-state index in [1.165, 1.54) is 24.3 Å². The molecule has 0 saturated heterocycles. The highest BCUT2D eigenvalue weighted by Crippen LogP contribution is 2.42. The van der Waals surface area contributed by atoms with E-state index in [9.17, 15) is 26.5 Å². The van der Waals surface area contributed by atoms with Gasteiger partial charge in [-0.3, -0.25) is 9.11 Å². The van der Waals surface area contributed by atoms with Crippen molar-refractivity contribution in [1.29, 1.82) is 0 Å². The molecule has 0 radical (unpaired) electrons. The molecule has 0 unspecified atom stereocenters. The molecule has 5 N–H and O–H groups in total. The summed E-state index contributed by atoms with van der Waals surface area (Å²) in [6.45, 7) is -0.765. The molecule has 0 fully saturated rings. The largest absolute Gasteiger partial charge is 0.505 e. The van der Waals surface area contributed by atoms with E-state index in [1.807, 2.05) is 12.1 Å². The van der Waals surface area contributed by atoms with Gasteiger partial charge in [0.15, 0.2) is 10.9 Å². The predicted octanol–water partition coefficient (Wildman–Crippen LogP) is 7.36. The van der Waals surface area contributed by atoms with Crippen LogP contribution in [0.1, 0.15) is 0 Å². The first kappa shape index (κ1) is 39.2. The van der Waals surface area contributed by atoms with E-state index in [-0.39, 0.29) is 45.4 Å². The van der Waals surface area contributed by atoms with Gasteiger partial charge < -0.3 is 15.7 Å². The highest BCUT2D eigenvalue weighted by molar-refractivity contribution is 9.10. The van der Waals surface area contributed by atoms with Crippen molar-refractivity contribution >= 4 is 123 Å². The number of phenols is 1. The van der Waals surface area contributed by atoms with E-state index in [0.717, 1.165) is 22.6 Å². The lowest BCUT2D eigenvalue weighted by molar-refractivity contribution is -0.195. The molecule has 0 amide bonds. The number of thiol groups is 1. The minimum atomic E-state index is -4.91. The summed E-state index contributed by atoms with van der Waals surface area (Å²) in [7, 11) is -9.50. The fraction of sp³-hybridized carbons (Fsp3) is 0.0714. The van der Waals surface area contributed by atoms with Crippen LogP contribution in [-0.2, 0) is 33.9 Å². The Morgan fingerprint density at radius 2 is 1.63 bits per heavy atom. The zero-order valence-electron chi connectivity index (χ0n) is 25.7. The van der Waals surface area contributed by atoms with Gasteiger partial charge >= 0.3 is 10.4 Å². The Morgan fingerprint density at radius 1 is 0.923 bits per heavy atom. The van der Waals surface area contributed by atoms with Crippen LogP contribution >= 0.6 is 52.2 Å². The molecule has 0 spiro atoms. The van der Waals surface area contributed by atoms with Crippen LogP contribution in [0.3, 0.4) is 0 Å².